The van der Waals surface area contributed by atoms with Crippen LogP contribution in [-0.2, 0) is 11.2 Å². The first-order valence-electron chi connectivity index (χ1n) is 9.87. The Kier molecular flexibility index (Phi) is 9.63. The molecule has 2 nitrogen and oxygen atoms in total. The molecule has 24 heavy (non-hydrogen) atoms. The van der Waals surface area contributed by atoms with Gasteiger partial charge < -0.3 is 9.47 Å². The van der Waals surface area contributed by atoms with Crippen LogP contribution in [0.4, 0.5) is 0 Å². The number of unbranched alkanes of at least 4 members (excludes halogenated alkanes) is 7. The molecule has 1 saturated heterocycles. The Morgan fingerprint density at radius 2 is 1.62 bits per heavy atom. The molecule has 0 amide bonds. The Labute approximate surface area is 148 Å². The predicted molar refractivity (Wildman–Crippen MR) is 102 cm³/mol. The van der Waals surface area contributed by atoms with E-state index >= 15 is 0 Å². The van der Waals surface area contributed by atoms with Gasteiger partial charge in [0.1, 0.15) is 18.5 Å². The molecule has 134 valence electrons. The lowest BCUT2D eigenvalue weighted by atomic mass is 10.0. The van der Waals surface area contributed by atoms with Crippen LogP contribution in [0.5, 0.6) is 5.75 Å². The van der Waals surface area contributed by atoms with Crippen LogP contribution in [0, 0.1) is 0 Å². The van der Waals surface area contributed by atoms with Gasteiger partial charge in [0.15, 0.2) is 0 Å². The van der Waals surface area contributed by atoms with Gasteiger partial charge in [0, 0.05) is 0 Å². The van der Waals surface area contributed by atoms with Crippen LogP contribution in [0.3, 0.4) is 0 Å². The van der Waals surface area contributed by atoms with E-state index in [1.54, 1.807) is 0 Å². The highest BCUT2D eigenvalue weighted by Gasteiger charge is 2.22. The summed E-state index contributed by atoms with van der Waals surface area (Å²) in [6.45, 7) is 3.78. The van der Waals surface area contributed by atoms with E-state index in [1.807, 2.05) is 0 Å². The Bertz CT molecular complexity index is 446. The highest BCUT2D eigenvalue weighted by atomic mass is 16.6. The summed E-state index contributed by atoms with van der Waals surface area (Å²) in [6, 6.07) is 8.57. The second kappa shape index (κ2) is 12.1. The molecule has 0 spiro atoms. The minimum atomic E-state index is 0.331. The normalized spacial score (nSPS) is 16.6. The zero-order chi connectivity index (χ0) is 16.9. The second-order valence-corrected chi connectivity index (χ2v) is 6.83. The van der Waals surface area contributed by atoms with Gasteiger partial charge in [-0.05, 0) is 49.8 Å². The maximum atomic E-state index is 5.67. The van der Waals surface area contributed by atoms with Crippen molar-refractivity contribution < 1.29 is 9.47 Å². The zero-order valence-electron chi connectivity index (χ0n) is 15.3. The van der Waals surface area contributed by atoms with E-state index in [0.717, 1.165) is 12.4 Å². The summed E-state index contributed by atoms with van der Waals surface area (Å²) < 4.78 is 10.8. The summed E-state index contributed by atoms with van der Waals surface area (Å²) in [6.07, 6.45) is 18.1. The molecule has 0 N–H and O–H groups in total. The van der Waals surface area contributed by atoms with Crippen molar-refractivity contribution in [2.45, 2.75) is 77.2 Å². The van der Waals surface area contributed by atoms with E-state index in [2.05, 4.69) is 43.3 Å². The number of hydrogen-bond acceptors (Lipinski definition) is 2. The van der Waals surface area contributed by atoms with Gasteiger partial charge in [-0.25, -0.2) is 0 Å². The van der Waals surface area contributed by atoms with E-state index in [0.29, 0.717) is 12.7 Å². The molecule has 0 saturated carbocycles. The Balaban J connectivity index is 1.42. The van der Waals surface area contributed by atoms with Crippen LogP contribution in [0.1, 0.15) is 70.3 Å². The third kappa shape index (κ3) is 9.12. The van der Waals surface area contributed by atoms with E-state index in [1.165, 1.54) is 69.8 Å². The minimum absolute atomic E-state index is 0.331. The number of rotatable bonds is 14. The summed E-state index contributed by atoms with van der Waals surface area (Å²) in [5.41, 5.74) is 1.42. The number of allylic oxidation sites excluding steroid dienone is 2. The van der Waals surface area contributed by atoms with Gasteiger partial charge in [0.05, 0.1) is 6.61 Å². The smallest absolute Gasteiger partial charge is 0.119 e. The minimum Gasteiger partial charge on any atom is -0.491 e. The number of ether oxygens (including phenoxy) is 2. The highest BCUT2D eigenvalue weighted by molar-refractivity contribution is 5.27. The number of aryl methyl sites for hydroxylation is 1. The van der Waals surface area contributed by atoms with Crippen molar-refractivity contribution in [3.05, 3.63) is 42.0 Å². The fourth-order valence-corrected chi connectivity index (χ4v) is 2.81. The third-order valence-corrected chi connectivity index (χ3v) is 4.47. The molecule has 2 rings (SSSR count). The molecule has 0 aromatic heterocycles. The maximum Gasteiger partial charge on any atom is 0.119 e. The monoisotopic (exact) mass is 330 g/mol. The van der Waals surface area contributed by atoms with Gasteiger partial charge in [-0.3, -0.25) is 0 Å². The van der Waals surface area contributed by atoms with Crippen LogP contribution in [0.2, 0.25) is 0 Å². The molecule has 1 aliphatic rings. The Morgan fingerprint density at radius 1 is 0.958 bits per heavy atom. The van der Waals surface area contributed by atoms with Gasteiger partial charge in [-0.2, -0.15) is 0 Å². The zero-order valence-corrected chi connectivity index (χ0v) is 15.3. The predicted octanol–water partition coefficient (Wildman–Crippen LogP) is 6.09. The first-order valence-corrected chi connectivity index (χ1v) is 9.87. The van der Waals surface area contributed by atoms with Crippen LogP contribution < -0.4 is 4.74 Å². The van der Waals surface area contributed by atoms with Crippen molar-refractivity contribution in [2.24, 2.45) is 0 Å². The van der Waals surface area contributed by atoms with Crippen molar-refractivity contribution in [3.8, 4) is 5.75 Å². The Morgan fingerprint density at radius 3 is 2.33 bits per heavy atom. The topological polar surface area (TPSA) is 21.8 Å². The standard InChI is InChI=1S/C22H34O2/c1-2-3-4-5-6-7-8-9-10-11-12-13-20-14-16-21(17-15-20)23-18-22-19-24-22/h4-5,14-17,22H,2-3,6-13,18-19H2,1H3/b5-4+. The summed E-state index contributed by atoms with van der Waals surface area (Å²) >= 11 is 0. The third-order valence-electron chi connectivity index (χ3n) is 4.47. The van der Waals surface area contributed by atoms with E-state index in [9.17, 15) is 0 Å². The van der Waals surface area contributed by atoms with Crippen molar-refractivity contribution in [1.82, 2.24) is 0 Å². The largest absolute Gasteiger partial charge is 0.491 e. The lowest BCUT2D eigenvalue weighted by Crippen LogP contribution is -2.03. The first kappa shape index (κ1) is 19.1. The summed E-state index contributed by atoms with van der Waals surface area (Å²) in [5.74, 6) is 0.960. The molecule has 1 aromatic carbocycles. The molecule has 0 bridgehead atoms. The van der Waals surface area contributed by atoms with Crippen LogP contribution in [0.25, 0.3) is 0 Å². The summed E-state index contributed by atoms with van der Waals surface area (Å²) in [4.78, 5) is 0. The number of epoxide rings is 1. The van der Waals surface area contributed by atoms with Gasteiger partial charge >= 0.3 is 0 Å². The number of benzene rings is 1. The van der Waals surface area contributed by atoms with E-state index < -0.39 is 0 Å². The average molecular weight is 331 g/mol. The van der Waals surface area contributed by atoms with Crippen molar-refractivity contribution in [3.63, 3.8) is 0 Å². The lowest BCUT2D eigenvalue weighted by Gasteiger charge is -2.06. The summed E-state index contributed by atoms with van der Waals surface area (Å²) in [5, 5.41) is 0. The highest BCUT2D eigenvalue weighted by Crippen LogP contribution is 2.17. The summed E-state index contributed by atoms with van der Waals surface area (Å²) in [7, 11) is 0. The number of hydrogen-bond donors (Lipinski definition) is 0. The second-order valence-electron chi connectivity index (χ2n) is 6.83. The molecule has 1 heterocycles. The van der Waals surface area contributed by atoms with Crippen molar-refractivity contribution >= 4 is 0 Å². The SMILES string of the molecule is CCC/C=C/CCCCCCCCc1ccc(OCC2CO2)cc1. The fraction of sp³-hybridized carbons (Fsp3) is 0.636. The molecule has 1 fully saturated rings. The molecule has 1 unspecified atom stereocenters. The molecule has 2 heteroatoms. The molecular formula is C22H34O2. The molecule has 1 atom stereocenters. The molecule has 1 aliphatic heterocycles. The van der Waals surface area contributed by atoms with Crippen molar-refractivity contribution in [1.29, 1.82) is 0 Å². The Hall–Kier alpha value is -1.28. The quantitative estimate of drug-likeness (QED) is 0.234. The average Bonchev–Trinajstić information content (AvgIpc) is 3.43. The van der Waals surface area contributed by atoms with E-state index in [-0.39, 0.29) is 0 Å². The van der Waals surface area contributed by atoms with Crippen LogP contribution in [-0.4, -0.2) is 19.3 Å². The fourth-order valence-electron chi connectivity index (χ4n) is 2.81. The van der Waals surface area contributed by atoms with Crippen LogP contribution in [0.15, 0.2) is 36.4 Å². The van der Waals surface area contributed by atoms with E-state index in [4.69, 9.17) is 9.47 Å². The molecule has 1 aromatic rings. The van der Waals surface area contributed by atoms with Gasteiger partial charge in [-0.1, -0.05) is 63.3 Å². The molecular weight excluding hydrogens is 296 g/mol. The van der Waals surface area contributed by atoms with Crippen molar-refractivity contribution in [2.75, 3.05) is 13.2 Å². The van der Waals surface area contributed by atoms with Crippen LogP contribution >= 0.6 is 0 Å². The van der Waals surface area contributed by atoms with Gasteiger partial charge in [0.25, 0.3) is 0 Å². The molecule has 0 aliphatic carbocycles. The van der Waals surface area contributed by atoms with Gasteiger partial charge in [-0.15, -0.1) is 0 Å². The lowest BCUT2D eigenvalue weighted by molar-refractivity contribution is 0.263. The molecule has 0 radical (unpaired) electrons. The van der Waals surface area contributed by atoms with Gasteiger partial charge in [0.2, 0.25) is 0 Å². The first-order chi connectivity index (χ1) is 11.9. The maximum absolute atomic E-state index is 5.67.